The highest BCUT2D eigenvalue weighted by atomic mass is 32.1. The Morgan fingerprint density at radius 1 is 1.07 bits per heavy atom. The Labute approximate surface area is 173 Å². The van der Waals surface area contributed by atoms with Gasteiger partial charge in [0.25, 0.3) is 0 Å². The third-order valence-corrected chi connectivity index (χ3v) is 5.34. The lowest BCUT2D eigenvalue weighted by molar-refractivity contribution is -0.0626. The van der Waals surface area contributed by atoms with E-state index in [2.05, 4.69) is 42.2 Å². The van der Waals surface area contributed by atoms with Crippen LogP contribution in [-0.4, -0.2) is 36.2 Å². The normalized spacial score (nSPS) is 15.5. The number of thiol groups is 1. The molecule has 0 spiro atoms. The van der Waals surface area contributed by atoms with Crippen molar-refractivity contribution >= 4 is 18.7 Å². The van der Waals surface area contributed by atoms with E-state index in [0.29, 0.717) is 12.4 Å². The van der Waals surface area contributed by atoms with Gasteiger partial charge in [-0.1, -0.05) is 48.5 Å². The minimum atomic E-state index is -0.440. The first kappa shape index (κ1) is 20.7. The van der Waals surface area contributed by atoms with Crippen LogP contribution in [0, 0.1) is 0 Å². The highest BCUT2D eigenvalue weighted by Crippen LogP contribution is 2.44. The van der Waals surface area contributed by atoms with Gasteiger partial charge in [0.15, 0.2) is 0 Å². The molecule has 0 aromatic heterocycles. The zero-order valence-corrected chi connectivity index (χ0v) is 17.8. The van der Waals surface area contributed by atoms with Crippen molar-refractivity contribution in [2.45, 2.75) is 51.4 Å². The van der Waals surface area contributed by atoms with E-state index in [1.807, 2.05) is 52.0 Å². The lowest BCUT2D eigenvalue weighted by Crippen LogP contribution is -2.47. The first-order valence-electron chi connectivity index (χ1n) is 9.70. The molecule has 0 heterocycles. The zero-order valence-electron chi connectivity index (χ0n) is 16.9. The van der Waals surface area contributed by atoms with Crippen molar-refractivity contribution in [2.24, 2.45) is 0 Å². The van der Waals surface area contributed by atoms with Gasteiger partial charge in [0.1, 0.15) is 6.61 Å². The number of carbonyl (C=O) groups excluding carboxylic acids is 1. The molecule has 1 amide bonds. The van der Waals surface area contributed by atoms with Crippen molar-refractivity contribution in [3.8, 4) is 11.1 Å². The molecule has 2 aromatic carbocycles. The summed E-state index contributed by atoms with van der Waals surface area (Å²) in [5, 5.41) is 2.90. The largest absolute Gasteiger partial charge is 0.449 e. The number of fused-ring (bicyclic) bond motifs is 3. The minimum Gasteiger partial charge on any atom is -0.449 e. The minimum absolute atomic E-state index is 0.0517. The maximum absolute atomic E-state index is 12.4. The van der Waals surface area contributed by atoms with E-state index >= 15 is 0 Å². The number of carbonyl (C=O) groups is 1. The van der Waals surface area contributed by atoms with E-state index in [1.165, 1.54) is 22.3 Å². The van der Waals surface area contributed by atoms with Gasteiger partial charge in [0.2, 0.25) is 0 Å². The van der Waals surface area contributed by atoms with Gasteiger partial charge in [0.05, 0.1) is 17.7 Å². The Kier molecular flexibility index (Phi) is 6.36. The first-order chi connectivity index (χ1) is 13.3. The molecule has 150 valence electrons. The summed E-state index contributed by atoms with van der Waals surface area (Å²) in [4.78, 5) is 12.4. The van der Waals surface area contributed by atoms with Crippen LogP contribution in [0.15, 0.2) is 48.5 Å². The van der Waals surface area contributed by atoms with Gasteiger partial charge in [0, 0.05) is 11.7 Å². The Morgan fingerprint density at radius 3 is 2.11 bits per heavy atom. The molecule has 1 N–H and O–H groups in total. The molecule has 0 fully saturated rings. The Bertz CT molecular complexity index is 785. The SMILES string of the molecule is C[C@@H](OC(C)(C)C)[C@@H](CS)NC(=O)OCC1c2ccccc2-c2ccccc21. The third kappa shape index (κ3) is 4.70. The summed E-state index contributed by atoms with van der Waals surface area (Å²) in [6, 6.07) is 16.4. The van der Waals surface area contributed by atoms with Gasteiger partial charge in [-0.15, -0.1) is 0 Å². The predicted octanol–water partition coefficient (Wildman–Crippen LogP) is 5.03. The Morgan fingerprint density at radius 2 is 1.61 bits per heavy atom. The fourth-order valence-electron chi connectivity index (χ4n) is 3.74. The number of hydrogen-bond acceptors (Lipinski definition) is 4. The van der Waals surface area contributed by atoms with Crippen molar-refractivity contribution in [1.29, 1.82) is 0 Å². The molecule has 0 unspecified atom stereocenters. The molecule has 0 radical (unpaired) electrons. The number of amides is 1. The van der Waals surface area contributed by atoms with Gasteiger partial charge in [-0.05, 0) is 49.9 Å². The number of ether oxygens (including phenoxy) is 2. The molecule has 1 aliphatic rings. The fourth-order valence-corrected chi connectivity index (χ4v) is 4.13. The Balaban J connectivity index is 1.65. The number of benzene rings is 2. The van der Waals surface area contributed by atoms with Crippen LogP contribution in [0.4, 0.5) is 4.79 Å². The highest BCUT2D eigenvalue weighted by molar-refractivity contribution is 7.80. The monoisotopic (exact) mass is 399 g/mol. The molecule has 4 nitrogen and oxygen atoms in total. The van der Waals surface area contributed by atoms with Crippen molar-refractivity contribution in [1.82, 2.24) is 5.32 Å². The van der Waals surface area contributed by atoms with Crippen molar-refractivity contribution in [2.75, 3.05) is 12.4 Å². The lowest BCUT2D eigenvalue weighted by Gasteiger charge is -2.30. The quantitative estimate of drug-likeness (QED) is 0.670. The van der Waals surface area contributed by atoms with Crippen LogP contribution in [0.3, 0.4) is 0 Å². The smallest absolute Gasteiger partial charge is 0.407 e. The van der Waals surface area contributed by atoms with Crippen molar-refractivity contribution in [3.05, 3.63) is 59.7 Å². The number of alkyl carbamates (subject to hydrolysis) is 1. The number of rotatable bonds is 6. The van der Waals surface area contributed by atoms with Crippen LogP contribution in [-0.2, 0) is 9.47 Å². The number of hydrogen-bond donors (Lipinski definition) is 2. The second-order valence-electron chi connectivity index (χ2n) is 8.19. The van der Waals surface area contributed by atoms with Crippen LogP contribution in [0.1, 0.15) is 44.7 Å². The standard InChI is InChI=1S/C23H29NO3S/c1-15(27-23(2,3)4)21(14-28)24-22(25)26-13-20-18-11-7-5-9-16(18)17-10-6-8-12-19(17)20/h5-12,15,20-21,28H,13-14H2,1-4H3,(H,24,25)/t15-,21-/m1/s1. The van der Waals surface area contributed by atoms with Gasteiger partial charge < -0.3 is 14.8 Å². The molecule has 5 heteroatoms. The molecule has 0 aliphatic heterocycles. The summed E-state index contributed by atoms with van der Waals surface area (Å²) in [6.45, 7) is 8.22. The topological polar surface area (TPSA) is 47.6 Å². The van der Waals surface area contributed by atoms with E-state index in [9.17, 15) is 4.79 Å². The van der Waals surface area contributed by atoms with Crippen LogP contribution >= 0.6 is 12.6 Å². The molecule has 28 heavy (non-hydrogen) atoms. The zero-order chi connectivity index (χ0) is 20.3. The van der Waals surface area contributed by atoms with Crippen molar-refractivity contribution in [3.63, 3.8) is 0 Å². The second-order valence-corrected chi connectivity index (χ2v) is 8.56. The lowest BCUT2D eigenvalue weighted by atomic mass is 9.98. The molecule has 0 saturated carbocycles. The summed E-state index contributed by atoms with van der Waals surface area (Å²) in [7, 11) is 0. The summed E-state index contributed by atoms with van der Waals surface area (Å²) in [5.41, 5.74) is 4.54. The van der Waals surface area contributed by atoms with Gasteiger partial charge in [-0.3, -0.25) is 0 Å². The van der Waals surface area contributed by atoms with E-state index in [-0.39, 0.29) is 23.7 Å². The average Bonchev–Trinajstić information content (AvgIpc) is 2.97. The van der Waals surface area contributed by atoms with Crippen LogP contribution in [0.2, 0.25) is 0 Å². The average molecular weight is 400 g/mol. The fraction of sp³-hybridized carbons (Fsp3) is 0.435. The maximum Gasteiger partial charge on any atom is 0.407 e. The van der Waals surface area contributed by atoms with Gasteiger partial charge in [-0.25, -0.2) is 4.79 Å². The second kappa shape index (κ2) is 8.58. The summed E-state index contributed by atoms with van der Waals surface area (Å²) in [6.07, 6.45) is -0.608. The summed E-state index contributed by atoms with van der Waals surface area (Å²) < 4.78 is 11.6. The Hall–Kier alpha value is -1.98. The molecule has 0 bridgehead atoms. The van der Waals surface area contributed by atoms with E-state index in [4.69, 9.17) is 9.47 Å². The third-order valence-electron chi connectivity index (χ3n) is 4.95. The van der Waals surface area contributed by atoms with Crippen LogP contribution in [0.5, 0.6) is 0 Å². The molecule has 2 atom stereocenters. The van der Waals surface area contributed by atoms with Gasteiger partial charge >= 0.3 is 6.09 Å². The van der Waals surface area contributed by atoms with E-state index < -0.39 is 6.09 Å². The summed E-state index contributed by atoms with van der Waals surface area (Å²) >= 11 is 4.36. The molecule has 0 saturated heterocycles. The summed E-state index contributed by atoms with van der Waals surface area (Å²) in [5.74, 6) is 0.525. The molecule has 1 aliphatic carbocycles. The molecule has 2 aromatic rings. The van der Waals surface area contributed by atoms with Crippen molar-refractivity contribution < 1.29 is 14.3 Å². The van der Waals surface area contributed by atoms with Gasteiger partial charge in [-0.2, -0.15) is 12.6 Å². The molecule has 3 rings (SSSR count). The molecular weight excluding hydrogens is 370 g/mol. The van der Waals surface area contributed by atoms with Crippen LogP contribution in [0.25, 0.3) is 11.1 Å². The number of nitrogens with one attached hydrogen (secondary N) is 1. The predicted molar refractivity (Wildman–Crippen MR) is 116 cm³/mol. The molecular formula is C23H29NO3S. The van der Waals surface area contributed by atoms with E-state index in [1.54, 1.807) is 0 Å². The maximum atomic E-state index is 12.4. The van der Waals surface area contributed by atoms with Crippen LogP contribution < -0.4 is 5.32 Å². The highest BCUT2D eigenvalue weighted by Gasteiger charge is 2.30. The first-order valence-corrected chi connectivity index (χ1v) is 10.3. The van der Waals surface area contributed by atoms with E-state index in [0.717, 1.165) is 0 Å².